The van der Waals surface area contributed by atoms with Gasteiger partial charge in [-0.15, -0.1) is 0 Å². The van der Waals surface area contributed by atoms with Crippen molar-refractivity contribution in [2.24, 2.45) is 11.7 Å². The number of aliphatic hydroxyl groups excluding tert-OH is 1. The Morgan fingerprint density at radius 1 is 1.35 bits per heavy atom. The number of nitrogens with zero attached hydrogens (tertiary/aromatic N) is 1. The zero-order chi connectivity index (χ0) is 15.1. The number of primary amides is 1. The van der Waals surface area contributed by atoms with Crippen molar-refractivity contribution in [3.63, 3.8) is 0 Å². The summed E-state index contributed by atoms with van der Waals surface area (Å²) in [5.74, 6) is 0.147. The lowest BCUT2D eigenvalue weighted by Crippen LogP contribution is -2.54. The van der Waals surface area contributed by atoms with Crippen molar-refractivity contribution < 1.29 is 14.7 Å². The Labute approximate surface area is 120 Å². The number of amides is 3. The molecule has 0 saturated carbocycles. The smallest absolute Gasteiger partial charge is 0.312 e. The Morgan fingerprint density at radius 2 is 2.05 bits per heavy atom. The van der Waals surface area contributed by atoms with Crippen molar-refractivity contribution in [1.29, 1.82) is 0 Å². The zero-order valence-electron chi connectivity index (χ0n) is 12.5. The maximum atomic E-state index is 12.6. The number of carbonyl (C=O) groups excluding carboxylic acids is 2. The second kappa shape index (κ2) is 8.09. The van der Waals surface area contributed by atoms with E-state index in [0.29, 0.717) is 13.0 Å². The van der Waals surface area contributed by atoms with Gasteiger partial charge in [-0.05, 0) is 25.2 Å². The van der Waals surface area contributed by atoms with Gasteiger partial charge < -0.3 is 21.1 Å². The van der Waals surface area contributed by atoms with Crippen LogP contribution in [0, 0.1) is 5.92 Å². The topological polar surface area (TPSA) is 95.7 Å². The molecule has 0 aliphatic carbocycles. The molecule has 20 heavy (non-hydrogen) atoms. The van der Waals surface area contributed by atoms with Gasteiger partial charge in [0.25, 0.3) is 0 Å². The Bertz CT molecular complexity index is 334. The Kier molecular flexibility index (Phi) is 6.78. The number of hydrogen-bond donors (Lipinski definition) is 3. The molecule has 1 rings (SSSR count). The van der Waals surface area contributed by atoms with E-state index in [1.165, 1.54) is 0 Å². The highest BCUT2D eigenvalue weighted by atomic mass is 16.3. The molecular formula is C14H27N3O3. The number of hydrogen-bond acceptors (Lipinski definition) is 3. The van der Waals surface area contributed by atoms with Gasteiger partial charge in [0, 0.05) is 6.54 Å². The van der Waals surface area contributed by atoms with E-state index in [1.54, 1.807) is 4.90 Å². The highest BCUT2D eigenvalue weighted by Crippen LogP contribution is 2.19. The van der Waals surface area contributed by atoms with Crippen LogP contribution in [0.5, 0.6) is 0 Å². The minimum atomic E-state index is -0.681. The number of aliphatic hydroxyl groups is 1. The van der Waals surface area contributed by atoms with E-state index in [4.69, 9.17) is 5.73 Å². The molecule has 0 aromatic carbocycles. The second-order valence-electron chi connectivity index (χ2n) is 5.91. The summed E-state index contributed by atoms with van der Waals surface area (Å²) in [5, 5.41) is 12.0. The normalized spacial score (nSPS) is 21.4. The lowest BCUT2D eigenvalue weighted by Gasteiger charge is -2.32. The molecule has 0 aromatic heterocycles. The number of nitrogens with one attached hydrogen (secondary N) is 1. The highest BCUT2D eigenvalue weighted by Gasteiger charge is 2.31. The molecule has 116 valence electrons. The summed E-state index contributed by atoms with van der Waals surface area (Å²) in [7, 11) is 0. The summed E-state index contributed by atoms with van der Waals surface area (Å²) < 4.78 is 0. The van der Waals surface area contributed by atoms with E-state index >= 15 is 0 Å². The Balaban J connectivity index is 2.81. The summed E-state index contributed by atoms with van der Waals surface area (Å²) in [6.07, 6.45) is 4.39. The van der Waals surface area contributed by atoms with Crippen LogP contribution >= 0.6 is 0 Å². The van der Waals surface area contributed by atoms with E-state index in [1.807, 2.05) is 13.8 Å². The minimum Gasteiger partial charge on any atom is -0.394 e. The third kappa shape index (κ3) is 5.00. The number of nitrogens with two attached hydrogens (primary N) is 1. The van der Waals surface area contributed by atoms with E-state index in [-0.39, 0.29) is 24.5 Å². The van der Waals surface area contributed by atoms with E-state index in [0.717, 1.165) is 25.7 Å². The third-order valence-electron chi connectivity index (χ3n) is 3.69. The predicted octanol–water partition coefficient (Wildman–Crippen LogP) is 0.833. The van der Waals surface area contributed by atoms with Gasteiger partial charge in [0.05, 0.1) is 12.6 Å². The van der Waals surface area contributed by atoms with Gasteiger partial charge >= 0.3 is 6.03 Å². The first-order valence-corrected chi connectivity index (χ1v) is 7.43. The number of urea groups is 1. The van der Waals surface area contributed by atoms with Gasteiger partial charge in [-0.25, -0.2) is 4.79 Å². The molecule has 4 N–H and O–H groups in total. The molecule has 0 aromatic rings. The molecule has 2 atom stereocenters. The lowest BCUT2D eigenvalue weighted by atomic mass is 10.0. The molecule has 1 heterocycles. The average Bonchev–Trinajstić information content (AvgIpc) is 2.60. The molecule has 3 amide bonds. The minimum absolute atomic E-state index is 0.0310. The fourth-order valence-electron chi connectivity index (χ4n) is 2.72. The zero-order valence-corrected chi connectivity index (χ0v) is 12.5. The van der Waals surface area contributed by atoms with Gasteiger partial charge in [-0.2, -0.15) is 0 Å². The number of carbonyl (C=O) groups is 2. The van der Waals surface area contributed by atoms with Crippen LogP contribution in [-0.2, 0) is 4.79 Å². The molecular weight excluding hydrogens is 258 g/mol. The molecule has 1 fully saturated rings. The van der Waals surface area contributed by atoms with Gasteiger partial charge in [0.15, 0.2) is 0 Å². The van der Waals surface area contributed by atoms with E-state index in [2.05, 4.69) is 5.32 Å². The fraction of sp³-hybridized carbons (Fsp3) is 0.857. The third-order valence-corrected chi connectivity index (χ3v) is 3.69. The summed E-state index contributed by atoms with van der Waals surface area (Å²) in [6.45, 7) is 4.60. The monoisotopic (exact) mass is 285 g/mol. The van der Waals surface area contributed by atoms with Crippen LogP contribution in [0.25, 0.3) is 0 Å². The van der Waals surface area contributed by atoms with Crippen molar-refractivity contribution in [3.05, 3.63) is 0 Å². The van der Waals surface area contributed by atoms with Crippen LogP contribution in [0.4, 0.5) is 4.79 Å². The number of likely N-dealkylation sites (tertiary alicyclic amines) is 1. The largest absolute Gasteiger partial charge is 0.394 e. The molecule has 1 aliphatic rings. The SMILES string of the molecule is CC(C)CC(NC(N)=O)C(=O)N1CCCCCC1CO. The van der Waals surface area contributed by atoms with E-state index < -0.39 is 12.1 Å². The summed E-state index contributed by atoms with van der Waals surface area (Å²) >= 11 is 0. The fourth-order valence-corrected chi connectivity index (χ4v) is 2.72. The van der Waals surface area contributed by atoms with Gasteiger partial charge in [0.2, 0.25) is 5.91 Å². The van der Waals surface area contributed by atoms with Crippen molar-refractivity contribution in [2.75, 3.05) is 13.2 Å². The second-order valence-corrected chi connectivity index (χ2v) is 5.91. The van der Waals surface area contributed by atoms with Gasteiger partial charge in [-0.1, -0.05) is 26.7 Å². The average molecular weight is 285 g/mol. The predicted molar refractivity (Wildman–Crippen MR) is 77.0 cm³/mol. The van der Waals surface area contributed by atoms with Crippen molar-refractivity contribution in [3.8, 4) is 0 Å². The first kappa shape index (κ1) is 16.8. The van der Waals surface area contributed by atoms with Gasteiger partial charge in [0.1, 0.15) is 6.04 Å². The highest BCUT2D eigenvalue weighted by molar-refractivity contribution is 5.86. The summed E-state index contributed by atoms with van der Waals surface area (Å²) in [4.78, 5) is 25.4. The first-order chi connectivity index (χ1) is 9.45. The van der Waals surface area contributed by atoms with Crippen LogP contribution in [0.1, 0.15) is 46.0 Å². The van der Waals surface area contributed by atoms with Crippen LogP contribution in [0.15, 0.2) is 0 Å². The Hall–Kier alpha value is -1.30. The van der Waals surface area contributed by atoms with Crippen LogP contribution in [0.3, 0.4) is 0 Å². The van der Waals surface area contributed by atoms with Crippen molar-refractivity contribution >= 4 is 11.9 Å². The molecule has 1 aliphatic heterocycles. The van der Waals surface area contributed by atoms with Crippen molar-refractivity contribution in [2.45, 2.75) is 58.0 Å². The lowest BCUT2D eigenvalue weighted by molar-refractivity contribution is -0.136. The van der Waals surface area contributed by atoms with Crippen LogP contribution in [-0.4, -0.2) is 47.2 Å². The van der Waals surface area contributed by atoms with Gasteiger partial charge in [-0.3, -0.25) is 4.79 Å². The molecule has 2 unspecified atom stereocenters. The van der Waals surface area contributed by atoms with Crippen molar-refractivity contribution in [1.82, 2.24) is 10.2 Å². The van der Waals surface area contributed by atoms with Crippen LogP contribution < -0.4 is 11.1 Å². The molecule has 6 heteroatoms. The molecule has 1 saturated heterocycles. The maximum absolute atomic E-state index is 12.6. The van der Waals surface area contributed by atoms with E-state index in [9.17, 15) is 14.7 Å². The summed E-state index contributed by atoms with van der Waals surface area (Å²) in [6, 6.07) is -1.42. The van der Waals surface area contributed by atoms with Crippen LogP contribution in [0.2, 0.25) is 0 Å². The molecule has 0 bridgehead atoms. The quantitative estimate of drug-likeness (QED) is 0.698. The first-order valence-electron chi connectivity index (χ1n) is 7.43. The standard InChI is InChI=1S/C14H27N3O3/c1-10(2)8-12(16-14(15)20)13(19)17-7-5-3-4-6-11(17)9-18/h10-12,18H,3-9H2,1-2H3,(H3,15,16,20). The molecule has 0 spiro atoms. The maximum Gasteiger partial charge on any atom is 0.312 e. The number of rotatable bonds is 5. The molecule has 0 radical (unpaired) electrons. The summed E-state index contributed by atoms with van der Waals surface area (Å²) in [5.41, 5.74) is 5.16. The Morgan fingerprint density at radius 3 is 2.60 bits per heavy atom. The molecule has 6 nitrogen and oxygen atoms in total.